The highest BCUT2D eigenvalue weighted by molar-refractivity contribution is 5.45. The molecule has 0 saturated carbocycles. The van der Waals surface area contributed by atoms with Crippen LogP contribution < -0.4 is 10.5 Å². The van der Waals surface area contributed by atoms with Gasteiger partial charge in [0.15, 0.2) is 0 Å². The van der Waals surface area contributed by atoms with Crippen molar-refractivity contribution in [3.63, 3.8) is 0 Å². The molecule has 0 aromatic heterocycles. The zero-order valence-corrected chi connectivity index (χ0v) is 11.8. The molecule has 3 heteroatoms. The van der Waals surface area contributed by atoms with Crippen molar-refractivity contribution in [3.8, 4) is 17.6 Å². The third-order valence-electron chi connectivity index (χ3n) is 2.54. The minimum Gasteiger partial charge on any atom is -0.490 e. The number of benzene rings is 1. The highest BCUT2D eigenvalue weighted by Gasteiger charge is 2.00. The molecule has 0 heterocycles. The number of ether oxygens (including phenoxy) is 2. The van der Waals surface area contributed by atoms with Gasteiger partial charge >= 0.3 is 0 Å². The van der Waals surface area contributed by atoms with Crippen LogP contribution >= 0.6 is 0 Å². The standard InChI is InChI=1S/C16H23NO2/c1-14(2)9-11-18-12-13-19-16-8-4-3-6-15(16)7-5-10-17/h3-4,6,8,14H,9-13,17H2,1-2H3. The lowest BCUT2D eigenvalue weighted by Gasteiger charge is -2.09. The number of rotatable bonds is 7. The molecule has 1 aromatic carbocycles. The predicted molar refractivity (Wildman–Crippen MR) is 78.1 cm³/mol. The van der Waals surface area contributed by atoms with Crippen LogP contribution in [0.2, 0.25) is 0 Å². The number of hydrogen-bond acceptors (Lipinski definition) is 3. The third kappa shape index (κ3) is 6.85. The molecule has 0 unspecified atom stereocenters. The Labute approximate surface area is 116 Å². The van der Waals surface area contributed by atoms with Crippen LogP contribution in [0.3, 0.4) is 0 Å². The summed E-state index contributed by atoms with van der Waals surface area (Å²) in [6.45, 7) is 6.66. The van der Waals surface area contributed by atoms with E-state index in [-0.39, 0.29) is 0 Å². The second-order valence-corrected chi connectivity index (χ2v) is 4.65. The fraction of sp³-hybridized carbons (Fsp3) is 0.500. The average Bonchev–Trinajstić information content (AvgIpc) is 2.41. The molecular weight excluding hydrogens is 238 g/mol. The fourth-order valence-electron chi connectivity index (χ4n) is 1.47. The maximum atomic E-state index is 5.67. The molecule has 0 aliphatic rings. The zero-order valence-electron chi connectivity index (χ0n) is 11.8. The summed E-state index contributed by atoms with van der Waals surface area (Å²) in [6.07, 6.45) is 1.08. The molecule has 0 aliphatic carbocycles. The van der Waals surface area contributed by atoms with Crippen LogP contribution in [0.5, 0.6) is 5.75 Å². The Bertz CT molecular complexity index is 418. The summed E-state index contributed by atoms with van der Waals surface area (Å²) in [6, 6.07) is 7.71. The minimum atomic E-state index is 0.354. The summed E-state index contributed by atoms with van der Waals surface area (Å²) in [4.78, 5) is 0. The van der Waals surface area contributed by atoms with Crippen LogP contribution in [0.15, 0.2) is 24.3 Å². The van der Waals surface area contributed by atoms with Gasteiger partial charge in [-0.25, -0.2) is 0 Å². The first-order valence-electron chi connectivity index (χ1n) is 6.72. The van der Waals surface area contributed by atoms with Gasteiger partial charge < -0.3 is 15.2 Å². The van der Waals surface area contributed by atoms with Gasteiger partial charge in [-0.05, 0) is 24.5 Å². The van der Waals surface area contributed by atoms with E-state index >= 15 is 0 Å². The van der Waals surface area contributed by atoms with E-state index in [1.807, 2.05) is 24.3 Å². The van der Waals surface area contributed by atoms with Crippen molar-refractivity contribution in [1.29, 1.82) is 0 Å². The molecule has 0 amide bonds. The van der Waals surface area contributed by atoms with Gasteiger partial charge in [-0.1, -0.05) is 37.8 Å². The fourth-order valence-corrected chi connectivity index (χ4v) is 1.47. The summed E-state index contributed by atoms with van der Waals surface area (Å²) in [5.41, 5.74) is 6.24. The lowest BCUT2D eigenvalue weighted by atomic mass is 10.1. The highest BCUT2D eigenvalue weighted by atomic mass is 16.5. The molecule has 19 heavy (non-hydrogen) atoms. The van der Waals surface area contributed by atoms with E-state index in [1.165, 1.54) is 0 Å². The Kier molecular flexibility index (Phi) is 7.72. The van der Waals surface area contributed by atoms with Crippen LogP contribution in [0.25, 0.3) is 0 Å². The molecule has 0 spiro atoms. The van der Waals surface area contributed by atoms with E-state index in [0.29, 0.717) is 25.7 Å². The lowest BCUT2D eigenvalue weighted by Crippen LogP contribution is -2.09. The Balaban J connectivity index is 2.33. The molecule has 3 nitrogen and oxygen atoms in total. The maximum absolute atomic E-state index is 5.67. The molecule has 1 rings (SSSR count). The van der Waals surface area contributed by atoms with E-state index in [1.54, 1.807) is 0 Å². The summed E-state index contributed by atoms with van der Waals surface area (Å²) >= 11 is 0. The monoisotopic (exact) mass is 261 g/mol. The average molecular weight is 261 g/mol. The summed E-state index contributed by atoms with van der Waals surface area (Å²) < 4.78 is 11.2. The van der Waals surface area contributed by atoms with E-state index < -0.39 is 0 Å². The van der Waals surface area contributed by atoms with E-state index in [9.17, 15) is 0 Å². The molecule has 0 saturated heterocycles. The molecule has 0 bridgehead atoms. The Morgan fingerprint density at radius 2 is 1.95 bits per heavy atom. The molecule has 104 valence electrons. The van der Waals surface area contributed by atoms with Gasteiger partial charge in [-0.15, -0.1) is 0 Å². The predicted octanol–water partition coefficient (Wildman–Crippen LogP) is 2.44. The largest absolute Gasteiger partial charge is 0.490 e. The minimum absolute atomic E-state index is 0.354. The Morgan fingerprint density at radius 3 is 2.68 bits per heavy atom. The highest BCUT2D eigenvalue weighted by Crippen LogP contribution is 2.16. The van der Waals surface area contributed by atoms with Gasteiger partial charge in [0.25, 0.3) is 0 Å². The van der Waals surface area contributed by atoms with Crippen LogP contribution in [0.4, 0.5) is 0 Å². The van der Waals surface area contributed by atoms with Crippen LogP contribution in [-0.2, 0) is 4.74 Å². The van der Waals surface area contributed by atoms with Gasteiger partial charge in [-0.2, -0.15) is 0 Å². The number of hydrogen-bond donors (Lipinski definition) is 1. The van der Waals surface area contributed by atoms with Crippen LogP contribution in [0, 0.1) is 17.8 Å². The van der Waals surface area contributed by atoms with Gasteiger partial charge in [0.1, 0.15) is 12.4 Å². The molecule has 1 aromatic rings. The molecule has 0 atom stereocenters. The van der Waals surface area contributed by atoms with Crippen LogP contribution in [0.1, 0.15) is 25.8 Å². The third-order valence-corrected chi connectivity index (χ3v) is 2.54. The van der Waals surface area contributed by atoms with Crippen molar-refractivity contribution in [1.82, 2.24) is 0 Å². The van der Waals surface area contributed by atoms with Crippen molar-refractivity contribution < 1.29 is 9.47 Å². The molecule has 0 aliphatic heterocycles. The first kappa shape index (κ1) is 15.6. The van der Waals surface area contributed by atoms with Crippen molar-refractivity contribution in [2.24, 2.45) is 11.7 Å². The SMILES string of the molecule is CC(C)CCOCCOc1ccccc1C#CCN. The topological polar surface area (TPSA) is 44.5 Å². The van der Waals surface area contributed by atoms with E-state index in [0.717, 1.165) is 24.3 Å². The van der Waals surface area contributed by atoms with Gasteiger partial charge in [-0.3, -0.25) is 0 Å². The van der Waals surface area contributed by atoms with E-state index in [4.69, 9.17) is 15.2 Å². The van der Waals surface area contributed by atoms with Gasteiger partial charge in [0.05, 0.1) is 18.7 Å². The molecule has 2 N–H and O–H groups in total. The maximum Gasteiger partial charge on any atom is 0.135 e. The number of para-hydroxylation sites is 1. The second-order valence-electron chi connectivity index (χ2n) is 4.65. The normalized spacial score (nSPS) is 10.1. The molecule has 0 radical (unpaired) electrons. The smallest absolute Gasteiger partial charge is 0.135 e. The Hall–Kier alpha value is -1.50. The first-order valence-corrected chi connectivity index (χ1v) is 6.72. The van der Waals surface area contributed by atoms with Crippen molar-refractivity contribution >= 4 is 0 Å². The summed E-state index contributed by atoms with van der Waals surface area (Å²) in [5.74, 6) is 7.30. The summed E-state index contributed by atoms with van der Waals surface area (Å²) in [7, 11) is 0. The lowest BCUT2D eigenvalue weighted by molar-refractivity contribution is 0.0925. The van der Waals surface area contributed by atoms with Crippen LogP contribution in [-0.4, -0.2) is 26.4 Å². The summed E-state index contributed by atoms with van der Waals surface area (Å²) in [5, 5.41) is 0. The first-order chi connectivity index (χ1) is 9.24. The second kappa shape index (κ2) is 9.43. The molecular formula is C16H23NO2. The van der Waals surface area contributed by atoms with Crippen molar-refractivity contribution in [3.05, 3.63) is 29.8 Å². The molecule has 0 fully saturated rings. The van der Waals surface area contributed by atoms with Crippen molar-refractivity contribution in [2.75, 3.05) is 26.4 Å². The van der Waals surface area contributed by atoms with Crippen molar-refractivity contribution in [2.45, 2.75) is 20.3 Å². The van der Waals surface area contributed by atoms with E-state index in [2.05, 4.69) is 25.7 Å². The Morgan fingerprint density at radius 1 is 1.16 bits per heavy atom. The number of nitrogens with two attached hydrogens (primary N) is 1. The van der Waals surface area contributed by atoms with Gasteiger partial charge in [0.2, 0.25) is 0 Å². The van der Waals surface area contributed by atoms with Gasteiger partial charge in [0, 0.05) is 6.61 Å². The quantitative estimate of drug-likeness (QED) is 0.605. The zero-order chi connectivity index (χ0) is 13.9.